The first-order valence-corrected chi connectivity index (χ1v) is 5.64. The van der Waals surface area contributed by atoms with Crippen molar-refractivity contribution in [3.63, 3.8) is 0 Å². The molecule has 6 nitrogen and oxygen atoms in total. The van der Waals surface area contributed by atoms with E-state index >= 15 is 0 Å². The van der Waals surface area contributed by atoms with Crippen LogP contribution in [0, 0.1) is 17.2 Å². The number of hydrogen-bond acceptors (Lipinski definition) is 4. The molecule has 2 amide bonds. The Kier molecular flexibility index (Phi) is 4.91. The van der Waals surface area contributed by atoms with Crippen LogP contribution in [0.5, 0.6) is 0 Å². The number of rotatable bonds is 5. The second-order valence-corrected chi connectivity index (χ2v) is 4.23. The summed E-state index contributed by atoms with van der Waals surface area (Å²) in [6, 6.07) is 1.14. The minimum absolute atomic E-state index is 0.166. The number of nitrogens with two attached hydrogens (primary N) is 1. The Morgan fingerprint density at radius 2 is 2.35 bits per heavy atom. The van der Waals surface area contributed by atoms with Crippen LogP contribution in [0.1, 0.15) is 26.2 Å². The van der Waals surface area contributed by atoms with Gasteiger partial charge in [0.1, 0.15) is 12.1 Å². The van der Waals surface area contributed by atoms with Crippen LogP contribution in [-0.2, 0) is 14.3 Å². The molecule has 0 saturated carbocycles. The Balaban J connectivity index is 2.57. The highest BCUT2D eigenvalue weighted by Gasteiger charge is 2.30. The molecular formula is C11H17N3O3. The third-order valence-electron chi connectivity index (χ3n) is 2.81. The van der Waals surface area contributed by atoms with E-state index in [1.165, 1.54) is 0 Å². The molecule has 0 aromatic rings. The molecule has 0 spiro atoms. The summed E-state index contributed by atoms with van der Waals surface area (Å²) in [6.07, 6.45) is 1.17. The van der Waals surface area contributed by atoms with Crippen molar-refractivity contribution in [1.29, 1.82) is 5.26 Å². The highest BCUT2D eigenvalue weighted by Crippen LogP contribution is 2.13. The summed E-state index contributed by atoms with van der Waals surface area (Å²) < 4.78 is 5.21. The molecule has 1 aliphatic rings. The van der Waals surface area contributed by atoms with Crippen LogP contribution < -0.4 is 11.1 Å². The van der Waals surface area contributed by atoms with Crippen LogP contribution in [0.3, 0.4) is 0 Å². The first-order valence-electron chi connectivity index (χ1n) is 5.64. The highest BCUT2D eigenvalue weighted by molar-refractivity contribution is 5.88. The van der Waals surface area contributed by atoms with Crippen molar-refractivity contribution in [2.24, 2.45) is 11.7 Å². The van der Waals surface area contributed by atoms with E-state index in [4.69, 9.17) is 15.7 Å². The molecule has 17 heavy (non-hydrogen) atoms. The van der Waals surface area contributed by atoms with E-state index in [1.807, 2.05) is 6.07 Å². The summed E-state index contributed by atoms with van der Waals surface area (Å²) >= 11 is 0. The normalized spacial score (nSPS) is 22.5. The Morgan fingerprint density at radius 1 is 1.65 bits per heavy atom. The van der Waals surface area contributed by atoms with Crippen LogP contribution in [0.4, 0.5) is 0 Å². The van der Waals surface area contributed by atoms with Crippen LogP contribution in [0.25, 0.3) is 0 Å². The molecule has 0 aromatic carbocycles. The van der Waals surface area contributed by atoms with Crippen molar-refractivity contribution in [3.05, 3.63) is 0 Å². The Bertz CT molecular complexity index is 331. The van der Waals surface area contributed by atoms with Crippen LogP contribution in [0.2, 0.25) is 0 Å². The SMILES string of the molecule is C[C@@H](CC#N)[C@@H](NC(=O)[C@H]1CCCO1)C(N)=O. The van der Waals surface area contributed by atoms with Gasteiger partial charge in [0, 0.05) is 13.0 Å². The number of primary amides is 1. The van der Waals surface area contributed by atoms with Crippen LogP contribution in [-0.4, -0.2) is 30.6 Å². The molecule has 0 unspecified atom stereocenters. The number of nitriles is 1. The van der Waals surface area contributed by atoms with Gasteiger partial charge in [-0.05, 0) is 18.8 Å². The zero-order valence-corrected chi connectivity index (χ0v) is 9.81. The van der Waals surface area contributed by atoms with Crippen molar-refractivity contribution in [3.8, 4) is 6.07 Å². The lowest BCUT2D eigenvalue weighted by molar-refractivity contribution is -0.134. The van der Waals surface area contributed by atoms with Gasteiger partial charge in [0.15, 0.2) is 0 Å². The van der Waals surface area contributed by atoms with E-state index in [2.05, 4.69) is 5.32 Å². The van der Waals surface area contributed by atoms with Crippen molar-refractivity contribution in [2.45, 2.75) is 38.3 Å². The van der Waals surface area contributed by atoms with Gasteiger partial charge in [-0.1, -0.05) is 6.92 Å². The molecule has 1 heterocycles. The molecule has 1 fully saturated rings. The van der Waals surface area contributed by atoms with E-state index in [1.54, 1.807) is 6.92 Å². The molecule has 3 N–H and O–H groups in total. The average Bonchev–Trinajstić information content (AvgIpc) is 2.78. The average molecular weight is 239 g/mol. The molecule has 6 heteroatoms. The first-order chi connectivity index (χ1) is 8.06. The fraction of sp³-hybridized carbons (Fsp3) is 0.727. The topological polar surface area (TPSA) is 105 Å². The van der Waals surface area contributed by atoms with Crippen molar-refractivity contribution < 1.29 is 14.3 Å². The molecule has 0 aliphatic carbocycles. The second kappa shape index (κ2) is 6.21. The van der Waals surface area contributed by atoms with Crippen molar-refractivity contribution >= 4 is 11.8 Å². The molecule has 0 aromatic heterocycles. The van der Waals surface area contributed by atoms with Crippen LogP contribution >= 0.6 is 0 Å². The van der Waals surface area contributed by atoms with Crippen molar-refractivity contribution in [2.75, 3.05) is 6.61 Å². The van der Waals surface area contributed by atoms with Gasteiger partial charge in [-0.3, -0.25) is 9.59 Å². The van der Waals surface area contributed by atoms with E-state index in [0.29, 0.717) is 13.0 Å². The number of carbonyl (C=O) groups excluding carboxylic acids is 2. The third kappa shape index (κ3) is 3.71. The maximum Gasteiger partial charge on any atom is 0.249 e. The molecular weight excluding hydrogens is 222 g/mol. The van der Waals surface area contributed by atoms with E-state index in [0.717, 1.165) is 6.42 Å². The third-order valence-corrected chi connectivity index (χ3v) is 2.81. The van der Waals surface area contributed by atoms with Crippen molar-refractivity contribution in [1.82, 2.24) is 5.32 Å². The lowest BCUT2D eigenvalue weighted by Gasteiger charge is -2.21. The van der Waals surface area contributed by atoms with Gasteiger partial charge in [0.25, 0.3) is 0 Å². The van der Waals surface area contributed by atoms with E-state index in [9.17, 15) is 9.59 Å². The van der Waals surface area contributed by atoms with E-state index < -0.39 is 18.1 Å². The molecule has 1 rings (SSSR count). The summed E-state index contributed by atoms with van der Waals surface area (Å²) in [7, 11) is 0. The molecule has 3 atom stereocenters. The lowest BCUT2D eigenvalue weighted by atomic mass is 9.98. The number of amides is 2. The minimum Gasteiger partial charge on any atom is -0.368 e. The molecule has 1 saturated heterocycles. The van der Waals surface area contributed by atoms with Gasteiger partial charge >= 0.3 is 0 Å². The Labute approximate surface area is 100 Å². The first kappa shape index (κ1) is 13.5. The largest absolute Gasteiger partial charge is 0.368 e. The smallest absolute Gasteiger partial charge is 0.249 e. The predicted molar refractivity (Wildman–Crippen MR) is 59.5 cm³/mol. The fourth-order valence-electron chi connectivity index (χ4n) is 1.79. The predicted octanol–water partition coefficient (Wildman–Crippen LogP) is -0.315. The van der Waals surface area contributed by atoms with Gasteiger partial charge in [0.2, 0.25) is 11.8 Å². The fourth-order valence-corrected chi connectivity index (χ4v) is 1.79. The second-order valence-electron chi connectivity index (χ2n) is 4.23. The summed E-state index contributed by atoms with van der Waals surface area (Å²) in [6.45, 7) is 2.27. The number of nitrogens with one attached hydrogen (secondary N) is 1. The number of carbonyl (C=O) groups is 2. The monoisotopic (exact) mass is 239 g/mol. The summed E-state index contributed by atoms with van der Waals surface area (Å²) in [5, 5.41) is 11.1. The lowest BCUT2D eigenvalue weighted by Crippen LogP contribution is -2.51. The highest BCUT2D eigenvalue weighted by atomic mass is 16.5. The minimum atomic E-state index is -0.814. The molecule has 0 bridgehead atoms. The van der Waals surface area contributed by atoms with Crippen LogP contribution in [0.15, 0.2) is 0 Å². The molecule has 0 radical (unpaired) electrons. The number of ether oxygens (including phenoxy) is 1. The van der Waals surface area contributed by atoms with Gasteiger partial charge < -0.3 is 15.8 Å². The van der Waals surface area contributed by atoms with Gasteiger partial charge in [-0.15, -0.1) is 0 Å². The summed E-state index contributed by atoms with van der Waals surface area (Å²) in [4.78, 5) is 23.0. The summed E-state index contributed by atoms with van der Waals surface area (Å²) in [5.74, 6) is -1.25. The van der Waals surface area contributed by atoms with Gasteiger partial charge in [-0.2, -0.15) is 5.26 Å². The Morgan fingerprint density at radius 3 is 2.82 bits per heavy atom. The zero-order chi connectivity index (χ0) is 12.8. The standard InChI is InChI=1S/C11H17N3O3/c1-7(4-5-12)9(10(13)15)14-11(16)8-3-2-6-17-8/h7-9H,2-4,6H2,1H3,(H2,13,15)(H,14,16)/t7-,8+,9+/m0/s1. The van der Waals surface area contributed by atoms with Gasteiger partial charge in [0.05, 0.1) is 6.07 Å². The quantitative estimate of drug-likeness (QED) is 0.686. The Hall–Kier alpha value is -1.61. The number of hydrogen-bond donors (Lipinski definition) is 2. The molecule has 1 aliphatic heterocycles. The van der Waals surface area contributed by atoms with Gasteiger partial charge in [-0.25, -0.2) is 0 Å². The van der Waals surface area contributed by atoms with E-state index in [-0.39, 0.29) is 18.2 Å². The summed E-state index contributed by atoms with van der Waals surface area (Å²) in [5.41, 5.74) is 5.21. The number of nitrogens with zero attached hydrogens (tertiary/aromatic N) is 1. The maximum atomic E-state index is 11.7. The zero-order valence-electron chi connectivity index (χ0n) is 9.81. The maximum absolute atomic E-state index is 11.7. The molecule has 94 valence electrons.